The molecule has 0 amide bonds. The predicted octanol–water partition coefficient (Wildman–Crippen LogP) is 7.62. The minimum absolute atomic E-state index is 0.619. The van der Waals surface area contributed by atoms with Gasteiger partial charge in [0.2, 0.25) is 0 Å². The maximum absolute atomic E-state index is 9.81. The van der Waals surface area contributed by atoms with Crippen LogP contribution in [0, 0.1) is 25.2 Å². The zero-order chi connectivity index (χ0) is 20.5. The molecule has 142 valence electrons. The molecule has 2 nitrogen and oxygen atoms in total. The first-order valence-corrected chi connectivity index (χ1v) is 9.99. The number of nitriles is 1. The van der Waals surface area contributed by atoms with Crippen LogP contribution in [0.15, 0.2) is 66.7 Å². The summed E-state index contributed by atoms with van der Waals surface area (Å²) < 4.78 is 2.06. The fourth-order valence-corrected chi connectivity index (χ4v) is 4.02. The van der Waals surface area contributed by atoms with Crippen LogP contribution in [0.25, 0.3) is 28.1 Å². The van der Waals surface area contributed by atoms with Crippen LogP contribution < -0.4 is 0 Å². The topological polar surface area (TPSA) is 28.7 Å². The largest absolute Gasteiger partial charge is 0.316 e. The molecular formula is C25H18Cl2N2. The highest BCUT2D eigenvalue weighted by molar-refractivity contribution is 6.34. The molecule has 0 radical (unpaired) electrons. The van der Waals surface area contributed by atoms with Crippen molar-refractivity contribution in [2.45, 2.75) is 13.8 Å². The average molecular weight is 417 g/mol. The molecule has 0 atom stereocenters. The summed E-state index contributed by atoms with van der Waals surface area (Å²) in [5.74, 6) is 0. The Morgan fingerprint density at radius 2 is 1.69 bits per heavy atom. The molecule has 0 bridgehead atoms. The SMILES string of the molecule is Cc1cc(/C=C(/C#N)c2ccc3ccccc3c2)c(C)n1-c1cc(Cl)ccc1Cl. The molecule has 0 saturated carbocycles. The Morgan fingerprint density at radius 1 is 0.931 bits per heavy atom. The van der Waals surface area contributed by atoms with Crippen LogP contribution in [0.5, 0.6) is 0 Å². The second-order valence-corrected chi connectivity index (χ2v) is 7.83. The third kappa shape index (κ3) is 3.68. The van der Waals surface area contributed by atoms with Gasteiger partial charge in [-0.05, 0) is 72.2 Å². The van der Waals surface area contributed by atoms with E-state index in [2.05, 4.69) is 34.9 Å². The van der Waals surface area contributed by atoms with E-state index in [-0.39, 0.29) is 0 Å². The molecule has 0 spiro atoms. The molecule has 29 heavy (non-hydrogen) atoms. The van der Waals surface area contributed by atoms with Gasteiger partial charge in [-0.2, -0.15) is 5.26 Å². The quantitative estimate of drug-likeness (QED) is 0.315. The summed E-state index contributed by atoms with van der Waals surface area (Å²) in [6, 6.07) is 24.1. The first kappa shape index (κ1) is 19.3. The minimum Gasteiger partial charge on any atom is -0.316 e. The van der Waals surface area contributed by atoms with Crippen LogP contribution >= 0.6 is 23.2 Å². The summed E-state index contributed by atoms with van der Waals surface area (Å²) in [5, 5.41) is 13.3. The van der Waals surface area contributed by atoms with Crippen LogP contribution in [-0.4, -0.2) is 4.57 Å². The maximum Gasteiger partial charge on any atom is 0.0998 e. The van der Waals surface area contributed by atoms with Crippen molar-refractivity contribution in [2.24, 2.45) is 0 Å². The van der Waals surface area contributed by atoms with Crippen LogP contribution in [0.1, 0.15) is 22.5 Å². The van der Waals surface area contributed by atoms with Gasteiger partial charge in [-0.3, -0.25) is 0 Å². The van der Waals surface area contributed by atoms with Crippen molar-refractivity contribution in [3.63, 3.8) is 0 Å². The number of fused-ring (bicyclic) bond motifs is 1. The zero-order valence-electron chi connectivity index (χ0n) is 16.1. The van der Waals surface area contributed by atoms with E-state index in [9.17, 15) is 5.26 Å². The molecular weight excluding hydrogens is 399 g/mol. The molecule has 1 aromatic heterocycles. The predicted molar refractivity (Wildman–Crippen MR) is 123 cm³/mol. The van der Waals surface area contributed by atoms with Gasteiger partial charge in [-0.15, -0.1) is 0 Å². The number of aromatic nitrogens is 1. The number of hydrogen-bond acceptors (Lipinski definition) is 1. The van der Waals surface area contributed by atoms with Crippen LogP contribution in [-0.2, 0) is 0 Å². The van der Waals surface area contributed by atoms with Crippen molar-refractivity contribution >= 4 is 45.6 Å². The lowest BCUT2D eigenvalue weighted by Gasteiger charge is -2.12. The lowest BCUT2D eigenvalue weighted by Crippen LogP contribution is -2.00. The number of hydrogen-bond donors (Lipinski definition) is 0. The standard InChI is InChI=1S/C25H18Cl2N2/c1-16-11-21(17(2)29(16)25-14-23(26)9-10-24(25)27)13-22(15-28)20-8-7-18-5-3-4-6-19(18)12-20/h3-14H,1-2H3/b22-13-. The lowest BCUT2D eigenvalue weighted by molar-refractivity contribution is 0.965. The molecule has 4 rings (SSSR count). The van der Waals surface area contributed by atoms with Gasteiger partial charge in [-0.1, -0.05) is 59.6 Å². The van der Waals surface area contributed by atoms with Gasteiger partial charge in [0.05, 0.1) is 22.4 Å². The van der Waals surface area contributed by atoms with E-state index in [1.165, 1.54) is 0 Å². The fraction of sp³-hybridized carbons (Fsp3) is 0.0800. The monoisotopic (exact) mass is 416 g/mol. The Morgan fingerprint density at radius 3 is 2.45 bits per heavy atom. The molecule has 4 heteroatoms. The molecule has 3 aromatic carbocycles. The third-order valence-electron chi connectivity index (χ3n) is 5.10. The normalized spacial score (nSPS) is 11.6. The molecule has 4 aromatic rings. The second-order valence-electron chi connectivity index (χ2n) is 6.99. The molecule has 0 aliphatic rings. The average Bonchev–Trinajstić information content (AvgIpc) is 3.00. The van der Waals surface area contributed by atoms with Crippen molar-refractivity contribution in [1.29, 1.82) is 5.26 Å². The van der Waals surface area contributed by atoms with E-state index in [0.717, 1.165) is 39.0 Å². The van der Waals surface area contributed by atoms with Gasteiger partial charge in [0.15, 0.2) is 0 Å². The number of nitrogens with zero attached hydrogens (tertiary/aromatic N) is 2. The van der Waals surface area contributed by atoms with E-state index in [1.807, 2.05) is 50.3 Å². The van der Waals surface area contributed by atoms with E-state index < -0.39 is 0 Å². The van der Waals surface area contributed by atoms with Crippen molar-refractivity contribution < 1.29 is 0 Å². The second kappa shape index (κ2) is 7.79. The number of benzene rings is 3. The highest BCUT2D eigenvalue weighted by Gasteiger charge is 2.14. The number of allylic oxidation sites excluding steroid dienone is 1. The molecule has 0 fully saturated rings. The summed E-state index contributed by atoms with van der Waals surface area (Å²) in [4.78, 5) is 0. The van der Waals surface area contributed by atoms with Crippen molar-refractivity contribution in [1.82, 2.24) is 4.57 Å². The highest BCUT2D eigenvalue weighted by Crippen LogP contribution is 2.31. The lowest BCUT2D eigenvalue weighted by atomic mass is 10.0. The molecule has 0 saturated heterocycles. The molecule has 1 heterocycles. The van der Waals surface area contributed by atoms with E-state index in [4.69, 9.17) is 23.2 Å². The fourth-order valence-electron chi connectivity index (χ4n) is 3.65. The Bertz CT molecular complexity index is 1310. The van der Waals surface area contributed by atoms with Gasteiger partial charge in [0, 0.05) is 16.4 Å². The van der Waals surface area contributed by atoms with E-state index in [1.54, 1.807) is 12.1 Å². The van der Waals surface area contributed by atoms with Gasteiger partial charge in [0.1, 0.15) is 0 Å². The van der Waals surface area contributed by atoms with Crippen molar-refractivity contribution in [2.75, 3.05) is 0 Å². The van der Waals surface area contributed by atoms with E-state index in [0.29, 0.717) is 15.6 Å². The summed E-state index contributed by atoms with van der Waals surface area (Å²) >= 11 is 12.6. The van der Waals surface area contributed by atoms with Gasteiger partial charge in [0.25, 0.3) is 0 Å². The van der Waals surface area contributed by atoms with Gasteiger partial charge >= 0.3 is 0 Å². The highest BCUT2D eigenvalue weighted by atomic mass is 35.5. The number of aryl methyl sites for hydroxylation is 1. The Kier molecular flexibility index (Phi) is 5.20. The first-order chi connectivity index (χ1) is 14.0. The number of rotatable bonds is 3. The van der Waals surface area contributed by atoms with E-state index >= 15 is 0 Å². The molecule has 0 aliphatic heterocycles. The molecule has 0 unspecified atom stereocenters. The molecule has 0 N–H and O–H groups in total. The van der Waals surface area contributed by atoms with Crippen LogP contribution in [0.3, 0.4) is 0 Å². The van der Waals surface area contributed by atoms with Crippen LogP contribution in [0.4, 0.5) is 0 Å². The summed E-state index contributed by atoms with van der Waals surface area (Å²) in [6.45, 7) is 4.04. The minimum atomic E-state index is 0.619. The summed E-state index contributed by atoms with van der Waals surface area (Å²) in [6.07, 6.45) is 1.93. The Labute approximate surface area is 180 Å². The molecule has 0 aliphatic carbocycles. The smallest absolute Gasteiger partial charge is 0.0998 e. The zero-order valence-corrected chi connectivity index (χ0v) is 17.6. The third-order valence-corrected chi connectivity index (χ3v) is 5.65. The number of halogens is 2. The van der Waals surface area contributed by atoms with Crippen molar-refractivity contribution in [3.8, 4) is 11.8 Å². The Hall–Kier alpha value is -2.99. The van der Waals surface area contributed by atoms with Gasteiger partial charge in [-0.25, -0.2) is 0 Å². The van der Waals surface area contributed by atoms with Crippen LogP contribution in [0.2, 0.25) is 10.0 Å². The summed E-state index contributed by atoms with van der Waals surface area (Å²) in [5.41, 5.74) is 5.35. The maximum atomic E-state index is 9.81. The Balaban J connectivity index is 1.82. The van der Waals surface area contributed by atoms with Gasteiger partial charge < -0.3 is 4.57 Å². The van der Waals surface area contributed by atoms with Crippen molar-refractivity contribution in [3.05, 3.63) is 99.3 Å². The first-order valence-electron chi connectivity index (χ1n) is 9.23. The summed E-state index contributed by atoms with van der Waals surface area (Å²) in [7, 11) is 0.